The summed E-state index contributed by atoms with van der Waals surface area (Å²) in [5.74, 6) is 0.104. The number of hydrogen-bond acceptors (Lipinski definition) is 2. The van der Waals surface area contributed by atoms with E-state index in [1.807, 2.05) is 13.8 Å². The highest BCUT2D eigenvalue weighted by Crippen LogP contribution is 2.33. The molecular weight excluding hydrogens is 241 g/mol. The molecule has 18 heavy (non-hydrogen) atoms. The van der Waals surface area contributed by atoms with Crippen LogP contribution in [-0.2, 0) is 6.18 Å². The first kappa shape index (κ1) is 14.4. The molecular formula is C13H15F3N2. The van der Waals surface area contributed by atoms with Crippen molar-refractivity contribution in [1.82, 2.24) is 0 Å². The Bertz CT molecular complexity index is 474. The Morgan fingerprint density at radius 3 is 2.28 bits per heavy atom. The molecule has 2 nitrogen and oxygen atoms in total. The normalized spacial score (nSPS) is 12.9. The third-order valence-electron chi connectivity index (χ3n) is 2.56. The van der Waals surface area contributed by atoms with Gasteiger partial charge in [0.2, 0.25) is 0 Å². The van der Waals surface area contributed by atoms with E-state index in [1.54, 1.807) is 7.05 Å². The van der Waals surface area contributed by atoms with Crippen LogP contribution in [0.5, 0.6) is 0 Å². The fourth-order valence-electron chi connectivity index (χ4n) is 1.75. The molecule has 1 aromatic carbocycles. The fourth-order valence-corrected chi connectivity index (χ4v) is 1.75. The van der Waals surface area contributed by atoms with Gasteiger partial charge in [-0.25, -0.2) is 0 Å². The summed E-state index contributed by atoms with van der Waals surface area (Å²) in [6.45, 7) is 7.17. The molecule has 1 rings (SSSR count). The van der Waals surface area contributed by atoms with Crippen LogP contribution >= 0.6 is 0 Å². The van der Waals surface area contributed by atoms with E-state index in [1.165, 1.54) is 6.07 Å². The molecule has 0 radical (unpaired) electrons. The van der Waals surface area contributed by atoms with E-state index in [2.05, 4.69) is 16.7 Å². The quantitative estimate of drug-likeness (QED) is 0.727. The van der Waals surface area contributed by atoms with E-state index in [-0.39, 0.29) is 11.6 Å². The minimum Gasteiger partial charge on any atom is -0.292 e. The number of aliphatic imine (C=N–C) groups is 2. The van der Waals surface area contributed by atoms with Gasteiger partial charge in [-0.15, -0.1) is 0 Å². The summed E-state index contributed by atoms with van der Waals surface area (Å²) in [7, 11) is 1.61. The molecule has 1 aromatic rings. The number of hydrogen-bond donors (Lipinski definition) is 0. The lowest BCUT2D eigenvalue weighted by Crippen LogP contribution is -2.11. The number of rotatable bonds is 3. The first-order chi connectivity index (χ1) is 8.31. The summed E-state index contributed by atoms with van der Waals surface area (Å²) in [5, 5.41) is 0. The van der Waals surface area contributed by atoms with Crippen LogP contribution in [-0.4, -0.2) is 19.5 Å². The molecule has 0 aliphatic heterocycles. The van der Waals surface area contributed by atoms with Crippen LogP contribution in [0.3, 0.4) is 0 Å². The predicted molar refractivity (Wildman–Crippen MR) is 68.0 cm³/mol. The third-order valence-corrected chi connectivity index (χ3v) is 2.56. The van der Waals surface area contributed by atoms with Crippen molar-refractivity contribution in [3.05, 3.63) is 29.3 Å². The van der Waals surface area contributed by atoms with E-state index in [4.69, 9.17) is 0 Å². The van der Waals surface area contributed by atoms with Crippen LogP contribution in [0, 0.1) is 5.92 Å². The van der Waals surface area contributed by atoms with Crippen molar-refractivity contribution in [2.24, 2.45) is 15.9 Å². The zero-order valence-corrected chi connectivity index (χ0v) is 10.5. The molecule has 0 aliphatic rings. The molecule has 0 spiro atoms. The van der Waals surface area contributed by atoms with Crippen LogP contribution in [0.15, 0.2) is 28.2 Å². The van der Waals surface area contributed by atoms with Gasteiger partial charge in [-0.1, -0.05) is 19.9 Å². The molecule has 0 N–H and O–H groups in total. The summed E-state index contributed by atoms with van der Waals surface area (Å²) in [6, 6.07) is 3.43. The zero-order chi connectivity index (χ0) is 13.9. The van der Waals surface area contributed by atoms with Crippen molar-refractivity contribution >= 4 is 18.1 Å². The summed E-state index contributed by atoms with van der Waals surface area (Å²) in [6.07, 6.45) is -4.38. The van der Waals surface area contributed by atoms with Gasteiger partial charge in [0.15, 0.2) is 0 Å². The highest BCUT2D eigenvalue weighted by Gasteiger charge is 2.31. The van der Waals surface area contributed by atoms with Gasteiger partial charge in [-0.05, 0) is 24.8 Å². The van der Waals surface area contributed by atoms with E-state index >= 15 is 0 Å². The Hall–Kier alpha value is -1.65. The largest absolute Gasteiger partial charge is 0.416 e. The van der Waals surface area contributed by atoms with Crippen LogP contribution in [0.25, 0.3) is 0 Å². The molecule has 0 aliphatic carbocycles. The van der Waals surface area contributed by atoms with Gasteiger partial charge < -0.3 is 0 Å². The van der Waals surface area contributed by atoms with Gasteiger partial charge in [-0.2, -0.15) is 13.2 Å². The minimum atomic E-state index is -4.38. The van der Waals surface area contributed by atoms with Crippen LogP contribution < -0.4 is 0 Å². The molecule has 98 valence electrons. The molecule has 0 atom stereocenters. The summed E-state index contributed by atoms with van der Waals surface area (Å²) in [5.41, 5.74) is 0.786. The fraction of sp³-hybridized carbons (Fsp3) is 0.385. The Morgan fingerprint density at radius 2 is 1.89 bits per heavy atom. The second-order valence-electron chi connectivity index (χ2n) is 4.15. The average Bonchev–Trinajstić information content (AvgIpc) is 2.28. The number of benzene rings is 1. The predicted octanol–water partition coefficient (Wildman–Crippen LogP) is 4.11. The number of halogens is 3. The van der Waals surface area contributed by atoms with E-state index in [9.17, 15) is 13.2 Å². The summed E-state index contributed by atoms with van der Waals surface area (Å²) < 4.78 is 37.8. The van der Waals surface area contributed by atoms with Gasteiger partial charge in [0.05, 0.1) is 11.3 Å². The lowest BCUT2D eigenvalue weighted by atomic mass is 9.97. The van der Waals surface area contributed by atoms with Crippen molar-refractivity contribution in [2.75, 3.05) is 7.05 Å². The van der Waals surface area contributed by atoms with Gasteiger partial charge in [0.25, 0.3) is 0 Å². The molecule has 0 fully saturated rings. The molecule has 0 bridgehead atoms. The molecule has 0 heterocycles. The van der Waals surface area contributed by atoms with Gasteiger partial charge in [0.1, 0.15) is 0 Å². The van der Waals surface area contributed by atoms with Crippen LogP contribution in [0.4, 0.5) is 18.9 Å². The topological polar surface area (TPSA) is 24.7 Å². The second kappa shape index (κ2) is 5.33. The van der Waals surface area contributed by atoms with Crippen molar-refractivity contribution in [3.8, 4) is 0 Å². The van der Waals surface area contributed by atoms with Gasteiger partial charge in [0, 0.05) is 18.3 Å². The molecule has 0 aromatic heterocycles. The standard InChI is InChI=1S/C13H15F3N2/c1-8(2)12(18-4)10-6-5-9(13(14,15)16)7-11(10)17-3/h5-8H,3H2,1-2,4H3. The Morgan fingerprint density at radius 1 is 1.28 bits per heavy atom. The maximum Gasteiger partial charge on any atom is 0.416 e. The first-order valence-electron chi connectivity index (χ1n) is 5.46. The Balaban J connectivity index is 3.37. The maximum atomic E-state index is 12.6. The Kier molecular flexibility index (Phi) is 4.27. The second-order valence-corrected chi connectivity index (χ2v) is 4.15. The lowest BCUT2D eigenvalue weighted by Gasteiger charge is -2.14. The van der Waals surface area contributed by atoms with E-state index < -0.39 is 11.7 Å². The van der Waals surface area contributed by atoms with Crippen molar-refractivity contribution in [1.29, 1.82) is 0 Å². The van der Waals surface area contributed by atoms with Crippen molar-refractivity contribution < 1.29 is 13.2 Å². The molecule has 0 unspecified atom stereocenters. The number of nitrogens with zero attached hydrogens (tertiary/aromatic N) is 2. The molecule has 0 saturated carbocycles. The monoisotopic (exact) mass is 256 g/mol. The SMILES string of the molecule is C=Nc1cc(C(F)(F)F)ccc1C(=NC)C(C)C. The highest BCUT2D eigenvalue weighted by atomic mass is 19.4. The third kappa shape index (κ3) is 2.97. The van der Waals surface area contributed by atoms with E-state index in [0.717, 1.165) is 12.1 Å². The first-order valence-corrected chi connectivity index (χ1v) is 5.46. The van der Waals surface area contributed by atoms with Gasteiger partial charge in [-0.3, -0.25) is 9.98 Å². The average molecular weight is 256 g/mol. The van der Waals surface area contributed by atoms with Crippen molar-refractivity contribution in [3.63, 3.8) is 0 Å². The molecule has 5 heteroatoms. The molecule has 0 amide bonds. The van der Waals surface area contributed by atoms with Crippen molar-refractivity contribution in [2.45, 2.75) is 20.0 Å². The summed E-state index contributed by atoms with van der Waals surface area (Å²) >= 11 is 0. The van der Waals surface area contributed by atoms with Gasteiger partial charge >= 0.3 is 6.18 Å². The van der Waals surface area contributed by atoms with Crippen LogP contribution in [0.1, 0.15) is 25.0 Å². The maximum absolute atomic E-state index is 12.6. The highest BCUT2D eigenvalue weighted by molar-refractivity contribution is 6.05. The number of alkyl halides is 3. The lowest BCUT2D eigenvalue weighted by molar-refractivity contribution is -0.137. The summed E-state index contributed by atoms with van der Waals surface area (Å²) in [4.78, 5) is 7.77. The van der Waals surface area contributed by atoms with Crippen LogP contribution in [0.2, 0.25) is 0 Å². The minimum absolute atomic E-state index is 0.104. The zero-order valence-electron chi connectivity index (χ0n) is 10.5. The van der Waals surface area contributed by atoms with E-state index in [0.29, 0.717) is 11.3 Å². The molecule has 0 saturated heterocycles. The Labute approximate surface area is 104 Å². The smallest absolute Gasteiger partial charge is 0.292 e.